The van der Waals surface area contributed by atoms with Crippen molar-refractivity contribution in [3.63, 3.8) is 0 Å². The van der Waals surface area contributed by atoms with Crippen LogP contribution in [0.15, 0.2) is 42.6 Å². The number of hydrogen-bond donors (Lipinski definition) is 0. The topological polar surface area (TPSA) is 45.6 Å². The van der Waals surface area contributed by atoms with Crippen LogP contribution in [0.4, 0.5) is 0 Å². The van der Waals surface area contributed by atoms with Crippen LogP contribution in [0, 0.1) is 11.3 Å². The first-order valence-corrected chi connectivity index (χ1v) is 12.3. The maximum absolute atomic E-state index is 13.5. The second-order valence-corrected chi connectivity index (χ2v) is 10.7. The lowest BCUT2D eigenvalue weighted by atomic mass is 9.93. The second-order valence-electron chi connectivity index (χ2n) is 10.3. The highest BCUT2D eigenvalue weighted by molar-refractivity contribution is 6.31. The average Bonchev–Trinajstić information content (AvgIpc) is 3.17. The Morgan fingerprint density at radius 2 is 1.73 bits per heavy atom. The smallest absolute Gasteiger partial charge is 0.242 e. The van der Waals surface area contributed by atoms with Crippen LogP contribution < -0.4 is 0 Å². The van der Waals surface area contributed by atoms with E-state index in [2.05, 4.69) is 18.4 Å². The van der Waals surface area contributed by atoms with Gasteiger partial charge in [0.15, 0.2) is 0 Å². The summed E-state index contributed by atoms with van der Waals surface area (Å²) in [6.45, 7) is 15.9. The van der Waals surface area contributed by atoms with E-state index in [1.165, 1.54) is 0 Å². The molecule has 2 amide bonds. The van der Waals surface area contributed by atoms with E-state index < -0.39 is 5.41 Å². The molecule has 0 saturated heterocycles. The molecule has 0 aliphatic heterocycles. The van der Waals surface area contributed by atoms with Gasteiger partial charge in [0.25, 0.3) is 0 Å². The van der Waals surface area contributed by atoms with Crippen molar-refractivity contribution in [2.45, 2.75) is 74.0 Å². The molecule has 0 aliphatic rings. The highest BCUT2D eigenvalue weighted by Crippen LogP contribution is 2.22. The number of carbonyl (C=O) groups is 2. The fourth-order valence-electron chi connectivity index (χ4n) is 3.77. The van der Waals surface area contributed by atoms with Gasteiger partial charge in [0.05, 0.1) is 6.54 Å². The van der Waals surface area contributed by atoms with E-state index in [0.29, 0.717) is 25.6 Å². The highest BCUT2D eigenvalue weighted by Gasteiger charge is 2.32. The molecule has 0 fully saturated rings. The van der Waals surface area contributed by atoms with Gasteiger partial charge in [-0.3, -0.25) is 9.59 Å². The molecule has 6 heteroatoms. The van der Waals surface area contributed by atoms with Crippen molar-refractivity contribution < 1.29 is 9.59 Å². The predicted molar refractivity (Wildman–Crippen MR) is 136 cm³/mol. The standard InChI is InChI=1S/C27H40ClN3O2/c1-8-21(4)31(26(33)27(5,6)7)19-25(32)30(16-20(2)3)18-23-13-11-15-29(23)17-22-12-9-10-14-24(22)28/h9-15,20-21H,8,16-19H2,1-7H3. The van der Waals surface area contributed by atoms with Crippen molar-refractivity contribution in [1.82, 2.24) is 14.4 Å². The summed E-state index contributed by atoms with van der Waals surface area (Å²) in [6, 6.07) is 11.9. The fourth-order valence-corrected chi connectivity index (χ4v) is 3.97. The van der Waals surface area contributed by atoms with Gasteiger partial charge in [-0.25, -0.2) is 0 Å². The quantitative estimate of drug-likeness (QED) is 0.434. The molecule has 0 N–H and O–H groups in total. The minimum absolute atomic E-state index is 0.00524. The first-order chi connectivity index (χ1) is 15.4. The summed E-state index contributed by atoms with van der Waals surface area (Å²) in [6.07, 6.45) is 2.82. The number of nitrogens with zero attached hydrogens (tertiary/aromatic N) is 3. The maximum Gasteiger partial charge on any atom is 0.242 e. The number of hydrogen-bond acceptors (Lipinski definition) is 2. The molecule has 1 aromatic carbocycles. The lowest BCUT2D eigenvalue weighted by Gasteiger charge is -2.35. The van der Waals surface area contributed by atoms with Crippen molar-refractivity contribution in [2.75, 3.05) is 13.1 Å². The van der Waals surface area contributed by atoms with Gasteiger partial charge >= 0.3 is 0 Å². The maximum atomic E-state index is 13.5. The molecule has 2 rings (SSSR count). The number of benzene rings is 1. The molecule has 182 valence electrons. The summed E-state index contributed by atoms with van der Waals surface area (Å²) < 4.78 is 2.13. The molecule has 0 aliphatic carbocycles. The van der Waals surface area contributed by atoms with Gasteiger partial charge in [-0.15, -0.1) is 0 Å². The minimum atomic E-state index is -0.532. The Morgan fingerprint density at radius 1 is 1.06 bits per heavy atom. The van der Waals surface area contributed by atoms with E-state index >= 15 is 0 Å². The Kier molecular flexibility index (Phi) is 9.59. The molecule has 0 radical (unpaired) electrons. The molecule has 0 spiro atoms. The van der Waals surface area contributed by atoms with Gasteiger partial charge in [-0.2, -0.15) is 0 Å². The van der Waals surface area contributed by atoms with Crippen molar-refractivity contribution in [1.29, 1.82) is 0 Å². The molecule has 1 aromatic heterocycles. The molecule has 0 saturated carbocycles. The van der Waals surface area contributed by atoms with Crippen LogP contribution in [0.25, 0.3) is 0 Å². The first-order valence-electron chi connectivity index (χ1n) is 11.9. The zero-order valence-electron chi connectivity index (χ0n) is 21.3. The molecule has 1 unspecified atom stereocenters. The number of carbonyl (C=O) groups excluding carboxylic acids is 2. The van der Waals surface area contributed by atoms with Crippen LogP contribution in [-0.4, -0.2) is 45.3 Å². The van der Waals surface area contributed by atoms with Crippen LogP contribution >= 0.6 is 11.6 Å². The van der Waals surface area contributed by atoms with E-state index in [9.17, 15) is 9.59 Å². The van der Waals surface area contributed by atoms with E-state index in [1.54, 1.807) is 4.90 Å². The third-order valence-corrected chi connectivity index (χ3v) is 6.21. The van der Waals surface area contributed by atoms with Crippen LogP contribution in [0.5, 0.6) is 0 Å². The third-order valence-electron chi connectivity index (χ3n) is 5.84. The number of aromatic nitrogens is 1. The van der Waals surface area contributed by atoms with E-state index in [4.69, 9.17) is 11.6 Å². The zero-order valence-corrected chi connectivity index (χ0v) is 22.0. The number of rotatable bonds is 10. The van der Waals surface area contributed by atoms with Gasteiger partial charge in [-0.05, 0) is 43.0 Å². The molecule has 1 atom stereocenters. The fraction of sp³-hybridized carbons (Fsp3) is 0.556. The summed E-state index contributed by atoms with van der Waals surface area (Å²) >= 11 is 6.37. The molecular weight excluding hydrogens is 434 g/mol. The lowest BCUT2D eigenvalue weighted by Crippen LogP contribution is -2.50. The Hall–Kier alpha value is -2.27. The van der Waals surface area contributed by atoms with Crippen molar-refractivity contribution in [3.05, 3.63) is 58.9 Å². The van der Waals surface area contributed by atoms with Crippen LogP contribution in [0.3, 0.4) is 0 Å². The van der Waals surface area contributed by atoms with Gasteiger partial charge < -0.3 is 14.4 Å². The summed E-state index contributed by atoms with van der Waals surface area (Å²) in [5.41, 5.74) is 1.55. The first kappa shape index (κ1) is 27.0. The van der Waals surface area contributed by atoms with E-state index in [-0.39, 0.29) is 24.4 Å². The van der Waals surface area contributed by atoms with Crippen LogP contribution in [-0.2, 0) is 22.7 Å². The Balaban J connectivity index is 2.24. The summed E-state index contributed by atoms with van der Waals surface area (Å²) in [4.78, 5) is 30.2. The monoisotopic (exact) mass is 473 g/mol. The Morgan fingerprint density at radius 3 is 2.30 bits per heavy atom. The van der Waals surface area contributed by atoms with E-state index in [0.717, 1.165) is 22.7 Å². The normalized spacial score (nSPS) is 12.6. The predicted octanol–water partition coefficient (Wildman–Crippen LogP) is 5.85. The summed E-state index contributed by atoms with van der Waals surface area (Å²) in [7, 11) is 0. The minimum Gasteiger partial charge on any atom is -0.345 e. The van der Waals surface area contributed by atoms with Crippen molar-refractivity contribution >= 4 is 23.4 Å². The molecule has 5 nitrogen and oxygen atoms in total. The van der Waals surface area contributed by atoms with Gasteiger partial charge in [0.2, 0.25) is 11.8 Å². The van der Waals surface area contributed by atoms with Crippen molar-refractivity contribution in [3.8, 4) is 0 Å². The molecular formula is C27H40ClN3O2. The molecule has 2 aromatic rings. The second kappa shape index (κ2) is 11.7. The largest absolute Gasteiger partial charge is 0.345 e. The Labute approximate surface area is 204 Å². The zero-order chi connectivity index (χ0) is 24.8. The number of halogens is 1. The average molecular weight is 474 g/mol. The number of amides is 2. The Bertz CT molecular complexity index is 929. The summed E-state index contributed by atoms with van der Waals surface area (Å²) in [5.74, 6) is 0.306. The van der Waals surface area contributed by atoms with Gasteiger partial charge in [0, 0.05) is 41.5 Å². The van der Waals surface area contributed by atoms with Gasteiger partial charge in [0.1, 0.15) is 6.54 Å². The van der Waals surface area contributed by atoms with Crippen LogP contribution in [0.2, 0.25) is 5.02 Å². The van der Waals surface area contributed by atoms with Crippen LogP contribution in [0.1, 0.15) is 66.1 Å². The van der Waals surface area contributed by atoms with E-state index in [1.807, 2.05) is 82.1 Å². The SMILES string of the molecule is CCC(C)N(CC(=O)N(Cc1cccn1Cc1ccccc1Cl)CC(C)C)C(=O)C(C)(C)C. The molecule has 0 bridgehead atoms. The lowest BCUT2D eigenvalue weighted by molar-refractivity contribution is -0.148. The third kappa shape index (κ3) is 7.63. The highest BCUT2D eigenvalue weighted by atomic mass is 35.5. The van der Waals surface area contributed by atoms with Gasteiger partial charge in [-0.1, -0.05) is 71.3 Å². The summed E-state index contributed by atoms with van der Waals surface area (Å²) in [5, 5.41) is 0.733. The molecule has 33 heavy (non-hydrogen) atoms. The molecule has 1 heterocycles. The van der Waals surface area contributed by atoms with Crippen molar-refractivity contribution in [2.24, 2.45) is 11.3 Å².